The minimum atomic E-state index is -3.54. The summed E-state index contributed by atoms with van der Waals surface area (Å²) in [6.07, 6.45) is 0.947. The minimum Gasteiger partial charge on any atom is -0.380 e. The summed E-state index contributed by atoms with van der Waals surface area (Å²) >= 11 is 0. The second-order valence-electron chi connectivity index (χ2n) is 7.10. The van der Waals surface area contributed by atoms with Crippen molar-refractivity contribution in [3.8, 4) is 0 Å². The number of ether oxygens (including phenoxy) is 1. The lowest BCUT2D eigenvalue weighted by molar-refractivity contribution is 0.125. The Morgan fingerprint density at radius 2 is 1.65 bits per heavy atom. The Kier molecular flexibility index (Phi) is 5.24. The zero-order chi connectivity index (χ0) is 18.9. The highest BCUT2D eigenvalue weighted by atomic mass is 32.2. The fourth-order valence-corrected chi connectivity index (χ4v) is 5.95. The van der Waals surface area contributed by atoms with Gasteiger partial charge in [-0.3, -0.25) is 0 Å². The van der Waals surface area contributed by atoms with Gasteiger partial charge < -0.3 is 10.5 Å². The highest BCUT2D eigenvalue weighted by molar-refractivity contribution is 7.92. The number of benzene rings is 2. The van der Waals surface area contributed by atoms with E-state index in [1.165, 1.54) is 5.56 Å². The monoisotopic (exact) mass is 373 g/mol. The third kappa shape index (κ3) is 3.31. The number of hydrogen-bond acceptors (Lipinski definition) is 4. The fraction of sp³-hybridized carbons (Fsp3) is 0.429. The molecule has 0 spiro atoms. The first-order valence-electron chi connectivity index (χ1n) is 9.10. The van der Waals surface area contributed by atoms with Gasteiger partial charge in [-0.25, -0.2) is 8.42 Å². The lowest BCUT2D eigenvalue weighted by atomic mass is 10.0. The van der Waals surface area contributed by atoms with E-state index in [4.69, 9.17) is 10.5 Å². The third-order valence-electron chi connectivity index (χ3n) is 5.29. The molecule has 0 aliphatic heterocycles. The summed E-state index contributed by atoms with van der Waals surface area (Å²) in [4.78, 5) is 0.326. The highest BCUT2D eigenvalue weighted by Gasteiger charge is 2.69. The third-order valence-corrected chi connectivity index (χ3v) is 7.60. The summed E-state index contributed by atoms with van der Waals surface area (Å²) in [5.74, 6) is -0.258. The van der Waals surface area contributed by atoms with Crippen molar-refractivity contribution in [1.29, 1.82) is 0 Å². The molecule has 0 aromatic heterocycles. The first-order chi connectivity index (χ1) is 12.3. The maximum atomic E-state index is 13.3. The summed E-state index contributed by atoms with van der Waals surface area (Å²) in [6.45, 7) is 6.67. The second kappa shape index (κ2) is 7.14. The topological polar surface area (TPSA) is 69.4 Å². The average Bonchev–Trinajstić information content (AvgIpc) is 3.27. The maximum absolute atomic E-state index is 13.3. The van der Waals surface area contributed by atoms with E-state index in [0.717, 1.165) is 17.5 Å². The van der Waals surface area contributed by atoms with Crippen LogP contribution in [0.2, 0.25) is 0 Å². The standard InChI is InChI=1S/C21H27NO3S/c1-4-16-8-10-17(11-9-16)19-20(21(19,22)14-25-5-2)26(23,24)18-12-6-15(3)7-13-18/h6-13,19-20H,4-5,14,22H2,1-3H3/t19-,20+,21-/m0/s1. The van der Waals surface area contributed by atoms with Crippen molar-refractivity contribution in [3.05, 3.63) is 65.2 Å². The van der Waals surface area contributed by atoms with Gasteiger partial charge in [0, 0.05) is 12.5 Å². The van der Waals surface area contributed by atoms with Crippen LogP contribution in [0.4, 0.5) is 0 Å². The lowest BCUT2D eigenvalue weighted by Crippen LogP contribution is -2.36. The van der Waals surface area contributed by atoms with Crippen LogP contribution in [0.5, 0.6) is 0 Å². The Hall–Kier alpha value is -1.69. The van der Waals surface area contributed by atoms with E-state index in [1.807, 2.05) is 50.2 Å². The Balaban J connectivity index is 1.97. The van der Waals surface area contributed by atoms with Gasteiger partial charge >= 0.3 is 0 Å². The van der Waals surface area contributed by atoms with Crippen LogP contribution in [0, 0.1) is 6.92 Å². The van der Waals surface area contributed by atoms with Crippen molar-refractivity contribution < 1.29 is 13.2 Å². The largest absolute Gasteiger partial charge is 0.380 e. The normalized spacial score (nSPS) is 25.2. The molecule has 26 heavy (non-hydrogen) atoms. The summed E-state index contributed by atoms with van der Waals surface area (Å²) in [5.41, 5.74) is 8.89. The number of sulfone groups is 1. The number of aryl methyl sites for hydroxylation is 2. The van der Waals surface area contributed by atoms with Crippen molar-refractivity contribution in [2.75, 3.05) is 13.2 Å². The van der Waals surface area contributed by atoms with Crippen molar-refractivity contribution >= 4 is 9.84 Å². The summed E-state index contributed by atoms with van der Waals surface area (Å²) in [7, 11) is -3.54. The molecule has 0 heterocycles. The number of nitrogens with two attached hydrogens (primary N) is 1. The zero-order valence-corrected chi connectivity index (χ0v) is 16.4. The van der Waals surface area contributed by atoms with Crippen LogP contribution in [0.15, 0.2) is 53.4 Å². The molecular weight excluding hydrogens is 346 g/mol. The van der Waals surface area contributed by atoms with E-state index in [1.54, 1.807) is 12.1 Å². The van der Waals surface area contributed by atoms with Crippen LogP contribution in [-0.4, -0.2) is 32.4 Å². The molecule has 2 aromatic carbocycles. The van der Waals surface area contributed by atoms with Crippen molar-refractivity contribution in [2.45, 2.75) is 48.8 Å². The van der Waals surface area contributed by atoms with Crippen LogP contribution >= 0.6 is 0 Å². The van der Waals surface area contributed by atoms with Gasteiger partial charge in [0.05, 0.1) is 22.3 Å². The quantitative estimate of drug-likeness (QED) is 0.809. The van der Waals surface area contributed by atoms with Gasteiger partial charge in [0.1, 0.15) is 0 Å². The van der Waals surface area contributed by atoms with Crippen molar-refractivity contribution in [2.24, 2.45) is 5.73 Å². The Bertz CT molecular complexity index is 859. The molecule has 0 saturated heterocycles. The molecule has 1 aliphatic carbocycles. The Morgan fingerprint density at radius 1 is 1.04 bits per heavy atom. The predicted octanol–water partition coefficient (Wildman–Crippen LogP) is 3.23. The molecule has 1 fully saturated rings. The Labute approximate surface area is 156 Å². The smallest absolute Gasteiger partial charge is 0.183 e. The lowest BCUT2D eigenvalue weighted by Gasteiger charge is -2.12. The van der Waals surface area contributed by atoms with Gasteiger partial charge in [-0.1, -0.05) is 48.9 Å². The molecule has 2 N–H and O–H groups in total. The van der Waals surface area contributed by atoms with E-state index in [2.05, 4.69) is 6.92 Å². The van der Waals surface area contributed by atoms with Crippen molar-refractivity contribution in [3.63, 3.8) is 0 Å². The van der Waals surface area contributed by atoms with Crippen LogP contribution in [0.3, 0.4) is 0 Å². The van der Waals surface area contributed by atoms with E-state index in [9.17, 15) is 8.42 Å². The number of rotatable bonds is 7. The fourth-order valence-electron chi connectivity index (χ4n) is 3.66. The highest BCUT2D eigenvalue weighted by Crippen LogP contribution is 2.55. The molecule has 1 aliphatic rings. The van der Waals surface area contributed by atoms with Crippen LogP contribution in [0.25, 0.3) is 0 Å². The van der Waals surface area contributed by atoms with Gasteiger partial charge in [0.25, 0.3) is 0 Å². The van der Waals surface area contributed by atoms with Gasteiger partial charge in [0.2, 0.25) is 0 Å². The second-order valence-corrected chi connectivity index (χ2v) is 9.17. The molecule has 0 unspecified atom stereocenters. The summed E-state index contributed by atoms with van der Waals surface area (Å²) in [6, 6.07) is 15.1. The molecule has 0 amide bonds. The van der Waals surface area contributed by atoms with E-state index in [0.29, 0.717) is 11.5 Å². The minimum absolute atomic E-state index is 0.236. The summed E-state index contributed by atoms with van der Waals surface area (Å²) < 4.78 is 32.1. The molecule has 1 saturated carbocycles. The van der Waals surface area contributed by atoms with Crippen LogP contribution < -0.4 is 5.73 Å². The maximum Gasteiger partial charge on any atom is 0.183 e. The van der Waals surface area contributed by atoms with E-state index < -0.39 is 20.6 Å². The van der Waals surface area contributed by atoms with E-state index in [-0.39, 0.29) is 12.5 Å². The first kappa shape index (κ1) is 19.1. The van der Waals surface area contributed by atoms with Gasteiger partial charge in [-0.15, -0.1) is 0 Å². The molecule has 5 heteroatoms. The Morgan fingerprint density at radius 3 is 2.19 bits per heavy atom. The summed E-state index contributed by atoms with van der Waals surface area (Å²) in [5, 5.41) is -0.670. The van der Waals surface area contributed by atoms with Crippen molar-refractivity contribution in [1.82, 2.24) is 0 Å². The molecule has 4 nitrogen and oxygen atoms in total. The van der Waals surface area contributed by atoms with Gasteiger partial charge in [0.15, 0.2) is 9.84 Å². The van der Waals surface area contributed by atoms with Crippen LogP contribution in [0.1, 0.15) is 36.5 Å². The molecule has 2 aromatic rings. The van der Waals surface area contributed by atoms with E-state index >= 15 is 0 Å². The van der Waals surface area contributed by atoms with Gasteiger partial charge in [-0.2, -0.15) is 0 Å². The van der Waals surface area contributed by atoms with Gasteiger partial charge in [-0.05, 0) is 43.5 Å². The molecular formula is C21H27NO3S. The predicted molar refractivity (Wildman–Crippen MR) is 104 cm³/mol. The molecule has 0 radical (unpaired) electrons. The first-order valence-corrected chi connectivity index (χ1v) is 10.6. The molecule has 3 rings (SSSR count). The molecule has 0 bridgehead atoms. The molecule has 3 atom stereocenters. The average molecular weight is 374 g/mol. The van der Waals surface area contributed by atoms with Crippen LogP contribution in [-0.2, 0) is 21.0 Å². The zero-order valence-electron chi connectivity index (χ0n) is 15.6. The molecule has 140 valence electrons. The number of hydrogen-bond donors (Lipinski definition) is 1. The SMILES string of the molecule is CCOC[C@@]1(N)[C@H](S(=O)(=O)c2ccc(C)cc2)[C@@H]1c1ccc(CC)cc1.